The maximum absolute atomic E-state index is 6.19. The van der Waals surface area contributed by atoms with Crippen molar-refractivity contribution in [1.29, 1.82) is 0 Å². The molecule has 1 aliphatic heterocycles. The first kappa shape index (κ1) is 15.0. The van der Waals surface area contributed by atoms with E-state index in [1.165, 1.54) is 30.0 Å². The van der Waals surface area contributed by atoms with Crippen molar-refractivity contribution in [3.63, 3.8) is 0 Å². The number of methoxy groups -OCH3 is 1. The monoisotopic (exact) mass is 320 g/mol. The lowest BCUT2D eigenvalue weighted by molar-refractivity contribution is 0.415. The van der Waals surface area contributed by atoms with Crippen LogP contribution >= 0.6 is 0 Å². The van der Waals surface area contributed by atoms with Crippen molar-refractivity contribution in [2.75, 3.05) is 20.2 Å². The fourth-order valence-electron chi connectivity index (χ4n) is 3.41. The Bertz CT molecular complexity index is 914. The summed E-state index contributed by atoms with van der Waals surface area (Å²) in [4.78, 5) is 0. The van der Waals surface area contributed by atoms with Crippen LogP contribution in [0.2, 0.25) is 0 Å². The minimum absolute atomic E-state index is 0.857. The van der Waals surface area contributed by atoms with E-state index >= 15 is 0 Å². The minimum atomic E-state index is 0.857. The van der Waals surface area contributed by atoms with Crippen LogP contribution in [0.4, 0.5) is 0 Å². The standard InChI is InChI=1S/C21H22NO2/c1-23-17-11-9-16(10-12-17)21-15-19(22-13-5-2-6-14-22)18-7-3-4-8-20(18)24-21/h3-4,7-12,15H,2,5-6,13-14H2,1H3/q+1. The second-order valence-corrected chi connectivity index (χ2v) is 6.27. The second kappa shape index (κ2) is 6.52. The molecular formula is C21H22NO2+. The van der Waals surface area contributed by atoms with Crippen molar-refractivity contribution in [3.8, 4) is 17.1 Å². The lowest BCUT2D eigenvalue weighted by Crippen LogP contribution is -2.35. The summed E-state index contributed by atoms with van der Waals surface area (Å²) in [7, 11) is 1.68. The largest absolute Gasteiger partial charge is 0.497 e. The van der Waals surface area contributed by atoms with Gasteiger partial charge in [0, 0.05) is 18.4 Å². The third kappa shape index (κ3) is 2.82. The van der Waals surface area contributed by atoms with Crippen molar-refractivity contribution in [2.45, 2.75) is 19.3 Å². The topological polar surface area (TPSA) is 25.4 Å². The first-order valence-corrected chi connectivity index (χ1v) is 8.60. The normalized spacial score (nSPS) is 14.8. The minimum Gasteiger partial charge on any atom is -0.497 e. The van der Waals surface area contributed by atoms with Gasteiger partial charge in [0.25, 0.3) is 0 Å². The lowest BCUT2D eigenvalue weighted by Gasteiger charge is -2.11. The van der Waals surface area contributed by atoms with Gasteiger partial charge in [-0.05, 0) is 42.8 Å². The molecule has 3 heteroatoms. The Morgan fingerprint density at radius 1 is 0.917 bits per heavy atom. The molecular weight excluding hydrogens is 298 g/mol. The Morgan fingerprint density at radius 2 is 1.67 bits per heavy atom. The van der Waals surface area contributed by atoms with E-state index in [0.29, 0.717) is 0 Å². The Hall–Kier alpha value is -2.55. The molecule has 3 nitrogen and oxygen atoms in total. The molecule has 1 fully saturated rings. The van der Waals surface area contributed by atoms with E-state index in [9.17, 15) is 0 Å². The average molecular weight is 320 g/mol. The van der Waals surface area contributed by atoms with E-state index in [2.05, 4.69) is 28.8 Å². The molecule has 1 saturated heterocycles. The zero-order valence-corrected chi connectivity index (χ0v) is 14.0. The fourth-order valence-corrected chi connectivity index (χ4v) is 3.41. The molecule has 0 saturated carbocycles. The molecule has 122 valence electrons. The number of nitrogens with zero attached hydrogens (tertiary/aromatic N) is 1. The van der Waals surface area contributed by atoms with Crippen LogP contribution in [0.1, 0.15) is 19.3 Å². The molecule has 0 unspecified atom stereocenters. The molecule has 0 aliphatic carbocycles. The number of ether oxygens (including phenoxy) is 1. The zero-order valence-electron chi connectivity index (χ0n) is 14.0. The quantitative estimate of drug-likeness (QED) is 0.665. The SMILES string of the molecule is COc1ccc(-c2cc(=[N+]3CCCCC3)c3ccccc3o2)cc1. The van der Waals surface area contributed by atoms with Crippen molar-refractivity contribution in [2.24, 2.45) is 0 Å². The molecule has 0 amide bonds. The smallest absolute Gasteiger partial charge is 0.214 e. The van der Waals surface area contributed by atoms with Gasteiger partial charge in [-0.2, -0.15) is 0 Å². The highest BCUT2D eigenvalue weighted by Crippen LogP contribution is 2.24. The first-order valence-electron chi connectivity index (χ1n) is 8.60. The summed E-state index contributed by atoms with van der Waals surface area (Å²) in [5.41, 5.74) is 2.01. The summed E-state index contributed by atoms with van der Waals surface area (Å²) < 4.78 is 13.9. The number of rotatable bonds is 2. The number of hydrogen-bond donors (Lipinski definition) is 0. The predicted octanol–water partition coefficient (Wildman–Crippen LogP) is 4.06. The number of para-hydroxylation sites is 1. The summed E-state index contributed by atoms with van der Waals surface area (Å²) in [5, 5.41) is 2.47. The van der Waals surface area contributed by atoms with Gasteiger partial charge in [0.15, 0.2) is 0 Å². The van der Waals surface area contributed by atoms with Gasteiger partial charge in [0.05, 0.1) is 18.6 Å². The van der Waals surface area contributed by atoms with Crippen LogP contribution in [-0.2, 0) is 0 Å². The van der Waals surface area contributed by atoms with Crippen molar-refractivity contribution in [1.82, 2.24) is 4.58 Å². The predicted molar refractivity (Wildman–Crippen MR) is 97.1 cm³/mol. The number of benzene rings is 2. The third-order valence-electron chi connectivity index (χ3n) is 4.72. The van der Waals surface area contributed by atoms with Crippen molar-refractivity contribution >= 4 is 11.0 Å². The number of piperidine rings is 1. The molecule has 24 heavy (non-hydrogen) atoms. The van der Waals surface area contributed by atoms with Crippen LogP contribution in [0.15, 0.2) is 59.0 Å². The zero-order chi connectivity index (χ0) is 16.4. The van der Waals surface area contributed by atoms with Gasteiger partial charge in [-0.25, -0.2) is 4.58 Å². The third-order valence-corrected chi connectivity index (χ3v) is 4.72. The molecule has 4 rings (SSSR count). The molecule has 0 spiro atoms. The molecule has 0 radical (unpaired) electrons. The Kier molecular flexibility index (Phi) is 4.08. The van der Waals surface area contributed by atoms with E-state index in [0.717, 1.165) is 35.7 Å². The van der Waals surface area contributed by atoms with Gasteiger partial charge in [0.2, 0.25) is 5.36 Å². The molecule has 0 N–H and O–H groups in total. The summed E-state index contributed by atoms with van der Waals surface area (Å²) in [6.45, 7) is 2.24. The summed E-state index contributed by atoms with van der Waals surface area (Å²) in [6, 6.07) is 18.5. The molecule has 0 atom stereocenters. The van der Waals surface area contributed by atoms with Crippen LogP contribution < -0.4 is 14.7 Å². The van der Waals surface area contributed by atoms with Gasteiger partial charge < -0.3 is 9.15 Å². The van der Waals surface area contributed by atoms with E-state index in [1.54, 1.807) is 7.11 Å². The van der Waals surface area contributed by atoms with E-state index in [4.69, 9.17) is 9.15 Å². The van der Waals surface area contributed by atoms with Gasteiger partial charge in [-0.1, -0.05) is 12.1 Å². The second-order valence-electron chi connectivity index (χ2n) is 6.27. The Balaban J connectivity index is 1.94. The van der Waals surface area contributed by atoms with E-state index in [-0.39, 0.29) is 0 Å². The maximum atomic E-state index is 6.19. The first-order chi connectivity index (χ1) is 11.8. The highest BCUT2D eigenvalue weighted by Gasteiger charge is 2.16. The van der Waals surface area contributed by atoms with Crippen LogP contribution in [0.3, 0.4) is 0 Å². The van der Waals surface area contributed by atoms with Crippen molar-refractivity contribution in [3.05, 3.63) is 60.0 Å². The highest BCUT2D eigenvalue weighted by molar-refractivity contribution is 5.78. The Morgan fingerprint density at radius 3 is 2.42 bits per heavy atom. The molecule has 0 bridgehead atoms. The van der Waals surface area contributed by atoms with E-state index in [1.807, 2.05) is 30.3 Å². The molecule has 3 aromatic rings. The molecule has 2 aromatic carbocycles. The lowest BCUT2D eigenvalue weighted by atomic mass is 10.1. The van der Waals surface area contributed by atoms with Crippen molar-refractivity contribution < 1.29 is 9.15 Å². The van der Waals surface area contributed by atoms with E-state index < -0.39 is 0 Å². The van der Waals surface area contributed by atoms with Gasteiger partial charge in [-0.3, -0.25) is 0 Å². The van der Waals surface area contributed by atoms with Crippen LogP contribution in [-0.4, -0.2) is 20.2 Å². The van der Waals surface area contributed by atoms with Gasteiger partial charge in [0.1, 0.15) is 30.2 Å². The fraction of sp³-hybridized carbons (Fsp3) is 0.286. The Labute approximate surface area is 141 Å². The molecule has 1 aliphatic rings. The molecule has 2 heterocycles. The maximum Gasteiger partial charge on any atom is 0.214 e. The number of fused-ring (bicyclic) bond motifs is 1. The average Bonchev–Trinajstić information content (AvgIpc) is 2.68. The van der Waals surface area contributed by atoms with Crippen LogP contribution in [0, 0.1) is 0 Å². The highest BCUT2D eigenvalue weighted by atomic mass is 16.5. The van der Waals surface area contributed by atoms with Gasteiger partial charge in [-0.15, -0.1) is 0 Å². The summed E-state index contributed by atoms with van der Waals surface area (Å²) in [6.07, 6.45) is 3.85. The number of hydrogen-bond acceptors (Lipinski definition) is 2. The van der Waals surface area contributed by atoms with Crippen LogP contribution in [0.5, 0.6) is 5.75 Å². The van der Waals surface area contributed by atoms with Gasteiger partial charge >= 0.3 is 0 Å². The molecule has 1 aromatic heterocycles. The summed E-state index contributed by atoms with van der Waals surface area (Å²) >= 11 is 0. The summed E-state index contributed by atoms with van der Waals surface area (Å²) in [5.74, 6) is 1.76. The van der Waals surface area contributed by atoms with Crippen LogP contribution in [0.25, 0.3) is 22.3 Å².